The van der Waals surface area contributed by atoms with E-state index < -0.39 is 17.9 Å². The molecule has 0 saturated carbocycles. The summed E-state index contributed by atoms with van der Waals surface area (Å²) in [6.45, 7) is 3.90. The van der Waals surface area contributed by atoms with Gasteiger partial charge in [0.15, 0.2) is 0 Å². The lowest BCUT2D eigenvalue weighted by Gasteiger charge is -2.26. The summed E-state index contributed by atoms with van der Waals surface area (Å²) in [5.74, 6) is -1.82. The molecule has 0 aliphatic rings. The lowest BCUT2D eigenvalue weighted by Crippen LogP contribution is -2.44. The van der Waals surface area contributed by atoms with E-state index in [1.165, 1.54) is 12.1 Å². The number of carbonyl (C=O) groups is 3. The molecule has 0 aliphatic carbocycles. The van der Waals surface area contributed by atoms with E-state index in [-0.39, 0.29) is 12.5 Å². The topological polar surface area (TPSA) is 113 Å². The van der Waals surface area contributed by atoms with Crippen molar-refractivity contribution in [3.8, 4) is 0 Å². The molecule has 7 heteroatoms. The molecule has 0 heterocycles. The van der Waals surface area contributed by atoms with Crippen LogP contribution in [-0.4, -0.2) is 46.9 Å². The van der Waals surface area contributed by atoms with E-state index in [1.807, 2.05) is 6.92 Å². The van der Waals surface area contributed by atoms with Gasteiger partial charge in [-0.05, 0) is 44.2 Å². The standard InChI is InChI=1S/C15H21N3O4/c1-3-8-18(9-13(19)20)10(2)15(22)17-12-6-4-11(5-7-12)14(16)21/h4-7,10H,3,8-9H2,1-2H3,(H2,16,21)(H,17,22)(H,19,20). The molecular weight excluding hydrogens is 286 g/mol. The molecule has 4 N–H and O–H groups in total. The van der Waals surface area contributed by atoms with Crippen LogP contribution in [0.5, 0.6) is 0 Å². The smallest absolute Gasteiger partial charge is 0.317 e. The van der Waals surface area contributed by atoms with Gasteiger partial charge in [-0.1, -0.05) is 6.92 Å². The van der Waals surface area contributed by atoms with Gasteiger partial charge < -0.3 is 16.2 Å². The van der Waals surface area contributed by atoms with Crippen LogP contribution in [0.25, 0.3) is 0 Å². The Morgan fingerprint density at radius 2 is 1.86 bits per heavy atom. The fraction of sp³-hybridized carbons (Fsp3) is 0.400. The van der Waals surface area contributed by atoms with E-state index in [0.29, 0.717) is 17.8 Å². The molecular formula is C15H21N3O4. The third-order valence-electron chi connectivity index (χ3n) is 3.21. The average Bonchev–Trinajstić information content (AvgIpc) is 2.46. The van der Waals surface area contributed by atoms with Crippen LogP contribution in [0, 0.1) is 0 Å². The Labute approximate surface area is 129 Å². The Morgan fingerprint density at radius 3 is 2.32 bits per heavy atom. The predicted molar refractivity (Wildman–Crippen MR) is 82.6 cm³/mol. The minimum Gasteiger partial charge on any atom is -0.480 e. The number of carboxylic acid groups (broad SMARTS) is 1. The minimum atomic E-state index is -0.973. The Hall–Kier alpha value is -2.41. The number of nitrogens with two attached hydrogens (primary N) is 1. The van der Waals surface area contributed by atoms with Crippen molar-refractivity contribution < 1.29 is 19.5 Å². The molecule has 0 aliphatic heterocycles. The number of carbonyl (C=O) groups excluding carboxylic acids is 2. The van der Waals surface area contributed by atoms with Gasteiger partial charge >= 0.3 is 5.97 Å². The number of carboxylic acids is 1. The molecule has 0 saturated heterocycles. The highest BCUT2D eigenvalue weighted by molar-refractivity contribution is 5.96. The highest BCUT2D eigenvalue weighted by atomic mass is 16.4. The molecule has 1 unspecified atom stereocenters. The maximum absolute atomic E-state index is 12.2. The van der Waals surface area contributed by atoms with E-state index >= 15 is 0 Å². The molecule has 0 spiro atoms. The summed E-state index contributed by atoms with van der Waals surface area (Å²) in [6, 6.07) is 5.61. The Balaban J connectivity index is 2.72. The second kappa shape index (κ2) is 8.14. The van der Waals surface area contributed by atoms with Crippen LogP contribution >= 0.6 is 0 Å². The predicted octanol–water partition coefficient (Wildman–Crippen LogP) is 0.909. The van der Waals surface area contributed by atoms with Crippen molar-refractivity contribution >= 4 is 23.5 Å². The first-order valence-electron chi connectivity index (χ1n) is 7.01. The third kappa shape index (κ3) is 5.17. The van der Waals surface area contributed by atoms with Crippen molar-refractivity contribution in [2.45, 2.75) is 26.3 Å². The molecule has 22 heavy (non-hydrogen) atoms. The number of nitrogens with one attached hydrogen (secondary N) is 1. The summed E-state index contributed by atoms with van der Waals surface area (Å²) in [4.78, 5) is 35.6. The van der Waals surface area contributed by atoms with Crippen LogP contribution in [-0.2, 0) is 9.59 Å². The van der Waals surface area contributed by atoms with Crippen LogP contribution in [0.15, 0.2) is 24.3 Å². The van der Waals surface area contributed by atoms with Crippen molar-refractivity contribution in [2.75, 3.05) is 18.4 Å². The first kappa shape index (κ1) is 17.6. The van der Waals surface area contributed by atoms with Crippen LogP contribution in [0.3, 0.4) is 0 Å². The van der Waals surface area contributed by atoms with Gasteiger partial charge in [-0.2, -0.15) is 0 Å². The molecule has 7 nitrogen and oxygen atoms in total. The van der Waals surface area contributed by atoms with Gasteiger partial charge in [0, 0.05) is 11.3 Å². The van der Waals surface area contributed by atoms with Gasteiger partial charge in [-0.3, -0.25) is 19.3 Å². The monoisotopic (exact) mass is 307 g/mol. The van der Waals surface area contributed by atoms with Crippen molar-refractivity contribution in [2.24, 2.45) is 5.73 Å². The zero-order valence-electron chi connectivity index (χ0n) is 12.7. The SMILES string of the molecule is CCCN(CC(=O)O)C(C)C(=O)Nc1ccc(C(N)=O)cc1. The van der Waals surface area contributed by atoms with Gasteiger partial charge in [-0.15, -0.1) is 0 Å². The van der Waals surface area contributed by atoms with Crippen molar-refractivity contribution in [1.82, 2.24) is 4.90 Å². The Kier molecular flexibility index (Phi) is 6.52. The lowest BCUT2D eigenvalue weighted by atomic mass is 10.2. The fourth-order valence-corrected chi connectivity index (χ4v) is 2.00. The summed E-state index contributed by atoms with van der Waals surface area (Å²) in [5.41, 5.74) is 6.02. The van der Waals surface area contributed by atoms with Gasteiger partial charge in [0.1, 0.15) is 0 Å². The summed E-state index contributed by atoms with van der Waals surface area (Å²) in [6.07, 6.45) is 0.748. The zero-order valence-corrected chi connectivity index (χ0v) is 12.7. The average molecular weight is 307 g/mol. The van der Waals surface area contributed by atoms with Crippen molar-refractivity contribution in [3.05, 3.63) is 29.8 Å². The van der Waals surface area contributed by atoms with Gasteiger partial charge in [0.25, 0.3) is 0 Å². The molecule has 0 bridgehead atoms. The van der Waals surface area contributed by atoms with E-state index in [2.05, 4.69) is 5.32 Å². The number of nitrogens with zero attached hydrogens (tertiary/aromatic N) is 1. The van der Waals surface area contributed by atoms with E-state index in [9.17, 15) is 14.4 Å². The maximum Gasteiger partial charge on any atom is 0.317 e. The number of hydrogen-bond acceptors (Lipinski definition) is 4. The summed E-state index contributed by atoms with van der Waals surface area (Å²) < 4.78 is 0. The maximum atomic E-state index is 12.2. The normalized spacial score (nSPS) is 12.0. The number of rotatable bonds is 8. The largest absolute Gasteiger partial charge is 0.480 e. The van der Waals surface area contributed by atoms with Crippen LogP contribution in [0.1, 0.15) is 30.6 Å². The molecule has 120 valence electrons. The summed E-state index contributed by atoms with van der Waals surface area (Å²) in [5, 5.41) is 11.6. The van der Waals surface area contributed by atoms with Crippen LogP contribution in [0.4, 0.5) is 5.69 Å². The highest BCUT2D eigenvalue weighted by Crippen LogP contribution is 2.11. The number of primary amides is 1. The molecule has 0 radical (unpaired) electrons. The minimum absolute atomic E-state index is 0.191. The van der Waals surface area contributed by atoms with E-state index in [0.717, 1.165) is 6.42 Å². The molecule has 2 amide bonds. The first-order valence-corrected chi connectivity index (χ1v) is 7.01. The van der Waals surface area contributed by atoms with Crippen molar-refractivity contribution in [1.29, 1.82) is 0 Å². The molecule has 1 rings (SSSR count). The second-order valence-electron chi connectivity index (χ2n) is 4.97. The van der Waals surface area contributed by atoms with E-state index in [4.69, 9.17) is 10.8 Å². The summed E-state index contributed by atoms with van der Waals surface area (Å²) >= 11 is 0. The lowest BCUT2D eigenvalue weighted by molar-refractivity contribution is -0.139. The highest BCUT2D eigenvalue weighted by Gasteiger charge is 2.22. The Bertz CT molecular complexity index is 542. The van der Waals surface area contributed by atoms with Gasteiger partial charge in [0.2, 0.25) is 11.8 Å². The van der Waals surface area contributed by atoms with Crippen LogP contribution < -0.4 is 11.1 Å². The second-order valence-corrected chi connectivity index (χ2v) is 4.97. The van der Waals surface area contributed by atoms with Gasteiger partial charge in [0.05, 0.1) is 12.6 Å². The molecule has 1 aromatic carbocycles. The molecule has 1 atom stereocenters. The number of amides is 2. The quantitative estimate of drug-likeness (QED) is 0.660. The van der Waals surface area contributed by atoms with E-state index in [1.54, 1.807) is 24.0 Å². The number of hydrogen-bond donors (Lipinski definition) is 3. The fourth-order valence-electron chi connectivity index (χ4n) is 2.00. The molecule has 0 aromatic heterocycles. The van der Waals surface area contributed by atoms with Gasteiger partial charge in [-0.25, -0.2) is 0 Å². The molecule has 0 fully saturated rings. The first-order chi connectivity index (χ1) is 10.3. The van der Waals surface area contributed by atoms with Crippen molar-refractivity contribution in [3.63, 3.8) is 0 Å². The zero-order chi connectivity index (χ0) is 16.7. The number of aliphatic carboxylic acids is 1. The number of anilines is 1. The molecule has 1 aromatic rings. The Morgan fingerprint density at radius 1 is 1.27 bits per heavy atom. The summed E-state index contributed by atoms with van der Waals surface area (Å²) in [7, 11) is 0. The third-order valence-corrected chi connectivity index (χ3v) is 3.21. The van der Waals surface area contributed by atoms with Crippen LogP contribution in [0.2, 0.25) is 0 Å². The number of benzene rings is 1.